The fourth-order valence-corrected chi connectivity index (χ4v) is 1.95. The van der Waals surface area contributed by atoms with E-state index in [1.807, 2.05) is 12.1 Å². The third kappa shape index (κ3) is 2.36. The molecule has 0 bridgehead atoms. The first-order valence-corrected chi connectivity index (χ1v) is 5.88. The lowest BCUT2D eigenvalue weighted by Crippen LogP contribution is -2.22. The zero-order valence-electron chi connectivity index (χ0n) is 9.24. The van der Waals surface area contributed by atoms with Crippen LogP contribution in [0.4, 0.5) is 0 Å². The maximum Gasteiger partial charge on any atom is 0.197 e. The molecular weight excluding hydrogens is 224 g/mol. The Bertz CT molecular complexity index is 481. The van der Waals surface area contributed by atoms with Gasteiger partial charge in [0, 0.05) is 12.5 Å². The van der Waals surface area contributed by atoms with E-state index in [0.29, 0.717) is 22.9 Å². The molecule has 16 heavy (non-hydrogen) atoms. The zero-order chi connectivity index (χ0) is 11.5. The number of hydrogen-bond acceptors (Lipinski definition) is 3. The average Bonchev–Trinajstić information content (AvgIpc) is 2.62. The summed E-state index contributed by atoms with van der Waals surface area (Å²) < 4.78 is 5.59. The van der Waals surface area contributed by atoms with Gasteiger partial charge in [0.2, 0.25) is 0 Å². The van der Waals surface area contributed by atoms with Gasteiger partial charge in [0.15, 0.2) is 11.5 Å². The van der Waals surface area contributed by atoms with Crippen LogP contribution in [-0.4, -0.2) is 11.0 Å². The molecule has 2 aromatic rings. The van der Waals surface area contributed by atoms with Crippen LogP contribution in [0.5, 0.6) is 0 Å². The standard InChI is InChI=1S/C12H15ClN2O/c1-2-4-8(14)7-11-15-10-6-3-5-9(13)12(10)16-11/h3,5-6,8H,2,4,7,14H2,1H3. The van der Waals surface area contributed by atoms with E-state index < -0.39 is 0 Å². The van der Waals surface area contributed by atoms with Gasteiger partial charge in [-0.05, 0) is 18.6 Å². The van der Waals surface area contributed by atoms with Gasteiger partial charge in [-0.3, -0.25) is 0 Å². The summed E-state index contributed by atoms with van der Waals surface area (Å²) >= 11 is 6.00. The third-order valence-corrected chi connectivity index (χ3v) is 2.81. The van der Waals surface area contributed by atoms with Gasteiger partial charge in [-0.2, -0.15) is 0 Å². The summed E-state index contributed by atoms with van der Waals surface area (Å²) in [6.45, 7) is 2.11. The van der Waals surface area contributed by atoms with Crippen molar-refractivity contribution in [2.75, 3.05) is 0 Å². The van der Waals surface area contributed by atoms with Crippen LogP contribution < -0.4 is 5.73 Å². The number of aromatic nitrogens is 1. The Labute approximate surface area is 99.6 Å². The van der Waals surface area contributed by atoms with Gasteiger partial charge in [0.1, 0.15) is 5.52 Å². The lowest BCUT2D eigenvalue weighted by atomic mass is 10.1. The van der Waals surface area contributed by atoms with Crippen LogP contribution in [0.2, 0.25) is 5.02 Å². The topological polar surface area (TPSA) is 52.0 Å². The zero-order valence-corrected chi connectivity index (χ0v) is 10.00. The van der Waals surface area contributed by atoms with Crippen molar-refractivity contribution in [3.63, 3.8) is 0 Å². The number of fused-ring (bicyclic) bond motifs is 1. The summed E-state index contributed by atoms with van der Waals surface area (Å²) in [5.74, 6) is 0.670. The largest absolute Gasteiger partial charge is 0.439 e. The van der Waals surface area contributed by atoms with Crippen molar-refractivity contribution in [3.8, 4) is 0 Å². The number of rotatable bonds is 4. The lowest BCUT2D eigenvalue weighted by Gasteiger charge is -2.05. The van der Waals surface area contributed by atoms with Gasteiger partial charge in [0.25, 0.3) is 0 Å². The molecule has 3 nitrogen and oxygen atoms in total. The molecule has 2 N–H and O–H groups in total. The van der Waals surface area contributed by atoms with E-state index in [0.717, 1.165) is 18.4 Å². The lowest BCUT2D eigenvalue weighted by molar-refractivity contribution is 0.481. The normalized spacial score (nSPS) is 13.2. The number of hydrogen-bond donors (Lipinski definition) is 1. The summed E-state index contributed by atoms with van der Waals surface area (Å²) in [5, 5.41) is 0.598. The first-order chi connectivity index (χ1) is 7.70. The predicted octanol–water partition coefficient (Wildman–Crippen LogP) is 3.15. The van der Waals surface area contributed by atoms with Gasteiger partial charge in [-0.25, -0.2) is 4.98 Å². The SMILES string of the molecule is CCCC(N)Cc1nc2cccc(Cl)c2o1. The summed E-state index contributed by atoms with van der Waals surface area (Å²) in [6.07, 6.45) is 2.72. The summed E-state index contributed by atoms with van der Waals surface area (Å²) in [4.78, 5) is 4.36. The quantitative estimate of drug-likeness (QED) is 0.890. The third-order valence-electron chi connectivity index (χ3n) is 2.51. The Kier molecular flexibility index (Phi) is 3.46. The smallest absolute Gasteiger partial charge is 0.197 e. The molecule has 86 valence electrons. The highest BCUT2D eigenvalue weighted by molar-refractivity contribution is 6.34. The molecule has 0 aliphatic rings. The van der Waals surface area contributed by atoms with Crippen LogP contribution in [0.3, 0.4) is 0 Å². The average molecular weight is 239 g/mol. The van der Waals surface area contributed by atoms with Crippen LogP contribution >= 0.6 is 11.6 Å². The fourth-order valence-electron chi connectivity index (χ4n) is 1.75. The molecule has 0 spiro atoms. The molecule has 1 aromatic heterocycles. The molecule has 0 aliphatic carbocycles. The maximum atomic E-state index is 6.00. The van der Waals surface area contributed by atoms with E-state index >= 15 is 0 Å². The minimum absolute atomic E-state index is 0.108. The van der Waals surface area contributed by atoms with E-state index in [9.17, 15) is 0 Å². The van der Waals surface area contributed by atoms with Crippen molar-refractivity contribution in [2.24, 2.45) is 5.73 Å². The number of para-hydroxylation sites is 1. The van der Waals surface area contributed by atoms with Gasteiger partial charge < -0.3 is 10.2 Å². The molecule has 0 amide bonds. The molecule has 0 saturated carbocycles. The van der Waals surface area contributed by atoms with Crippen molar-refractivity contribution < 1.29 is 4.42 Å². The molecular formula is C12H15ClN2O. The van der Waals surface area contributed by atoms with E-state index in [1.54, 1.807) is 6.07 Å². The second-order valence-electron chi connectivity index (χ2n) is 3.95. The van der Waals surface area contributed by atoms with Crippen LogP contribution in [0, 0.1) is 0 Å². The highest BCUT2D eigenvalue weighted by atomic mass is 35.5. The van der Waals surface area contributed by atoms with Crippen molar-refractivity contribution in [1.82, 2.24) is 4.98 Å². The summed E-state index contributed by atoms with van der Waals surface area (Å²) in [5.41, 5.74) is 7.40. The van der Waals surface area contributed by atoms with Crippen LogP contribution in [-0.2, 0) is 6.42 Å². The van der Waals surface area contributed by atoms with Crippen molar-refractivity contribution >= 4 is 22.7 Å². The second-order valence-corrected chi connectivity index (χ2v) is 4.36. The van der Waals surface area contributed by atoms with Crippen molar-refractivity contribution in [2.45, 2.75) is 32.2 Å². The Morgan fingerprint density at radius 3 is 3.00 bits per heavy atom. The number of nitrogens with two attached hydrogens (primary N) is 1. The molecule has 2 rings (SSSR count). The summed E-state index contributed by atoms with van der Waals surface area (Å²) in [7, 11) is 0. The van der Waals surface area contributed by atoms with Gasteiger partial charge in [0.05, 0.1) is 5.02 Å². The molecule has 1 atom stereocenters. The van der Waals surface area contributed by atoms with Gasteiger partial charge >= 0.3 is 0 Å². The van der Waals surface area contributed by atoms with E-state index in [4.69, 9.17) is 21.8 Å². The van der Waals surface area contributed by atoms with Crippen LogP contribution in [0.1, 0.15) is 25.7 Å². The Morgan fingerprint density at radius 1 is 1.50 bits per heavy atom. The molecule has 0 fully saturated rings. The first kappa shape index (κ1) is 11.4. The Hall–Kier alpha value is -1.06. The van der Waals surface area contributed by atoms with E-state index in [-0.39, 0.29) is 6.04 Å². The molecule has 0 radical (unpaired) electrons. The predicted molar refractivity (Wildman–Crippen MR) is 65.6 cm³/mol. The van der Waals surface area contributed by atoms with Crippen LogP contribution in [0.25, 0.3) is 11.1 Å². The maximum absolute atomic E-state index is 6.00. The highest BCUT2D eigenvalue weighted by Gasteiger charge is 2.11. The van der Waals surface area contributed by atoms with Crippen molar-refractivity contribution in [1.29, 1.82) is 0 Å². The molecule has 1 heterocycles. The van der Waals surface area contributed by atoms with Crippen LogP contribution in [0.15, 0.2) is 22.6 Å². The first-order valence-electron chi connectivity index (χ1n) is 5.50. The van der Waals surface area contributed by atoms with Gasteiger partial charge in [-0.1, -0.05) is 31.0 Å². The summed E-state index contributed by atoms with van der Waals surface area (Å²) in [6, 6.07) is 5.66. The number of nitrogens with zero attached hydrogens (tertiary/aromatic N) is 1. The van der Waals surface area contributed by atoms with E-state index in [2.05, 4.69) is 11.9 Å². The second kappa shape index (κ2) is 4.85. The molecule has 1 unspecified atom stereocenters. The minimum atomic E-state index is 0.108. The molecule has 4 heteroatoms. The monoisotopic (exact) mass is 238 g/mol. The molecule has 0 saturated heterocycles. The minimum Gasteiger partial charge on any atom is -0.439 e. The Morgan fingerprint density at radius 2 is 2.31 bits per heavy atom. The molecule has 1 aromatic carbocycles. The molecule has 0 aliphatic heterocycles. The van der Waals surface area contributed by atoms with E-state index in [1.165, 1.54) is 0 Å². The number of halogens is 1. The highest BCUT2D eigenvalue weighted by Crippen LogP contribution is 2.24. The number of benzene rings is 1. The van der Waals surface area contributed by atoms with Gasteiger partial charge in [-0.15, -0.1) is 0 Å². The fraction of sp³-hybridized carbons (Fsp3) is 0.417. The number of oxazole rings is 1. The van der Waals surface area contributed by atoms with Crippen molar-refractivity contribution in [3.05, 3.63) is 29.1 Å². The Balaban J connectivity index is 2.23.